The molecule has 3 rings (SSSR count). The van der Waals surface area contributed by atoms with Crippen LogP contribution in [0.25, 0.3) is 0 Å². The topological polar surface area (TPSA) is 9.23 Å². The van der Waals surface area contributed by atoms with E-state index >= 15 is 0 Å². The van der Waals surface area contributed by atoms with Crippen LogP contribution in [0.3, 0.4) is 0 Å². The Kier molecular flexibility index (Phi) is 0.833. The fourth-order valence-corrected chi connectivity index (χ4v) is 1.25. The molecule has 0 aromatic rings. The van der Waals surface area contributed by atoms with Crippen molar-refractivity contribution in [3.8, 4) is 0 Å². The highest BCUT2D eigenvalue weighted by Crippen LogP contribution is 2.35. The zero-order valence-corrected chi connectivity index (χ0v) is 4.81. The van der Waals surface area contributed by atoms with Crippen molar-refractivity contribution >= 4 is 0 Å². The van der Waals surface area contributed by atoms with Crippen LogP contribution in [0, 0.1) is 6.10 Å². The van der Waals surface area contributed by atoms with E-state index in [1.54, 1.807) is 0 Å². The maximum atomic E-state index is 5.23. The molecule has 1 radical (unpaired) electrons. The SMILES string of the molecule is C1=C2CC[C](CC2)O1. The molecule has 0 N–H and O–H groups in total. The molecule has 0 aromatic heterocycles. The molecule has 8 heavy (non-hydrogen) atoms. The Labute approximate surface area is 49.3 Å². The molecule has 0 unspecified atom stereocenters. The summed E-state index contributed by atoms with van der Waals surface area (Å²) in [5.74, 6) is 0. The molecular weight excluding hydrogens is 100 g/mol. The van der Waals surface area contributed by atoms with Gasteiger partial charge in [0, 0.05) is 0 Å². The van der Waals surface area contributed by atoms with Crippen LogP contribution in [-0.4, -0.2) is 0 Å². The lowest BCUT2D eigenvalue weighted by molar-refractivity contribution is 0.187. The van der Waals surface area contributed by atoms with Gasteiger partial charge in [0.25, 0.3) is 0 Å². The number of ether oxygens (including phenoxy) is 1. The Bertz CT molecular complexity index is 116. The quantitative estimate of drug-likeness (QED) is 0.462. The van der Waals surface area contributed by atoms with Gasteiger partial charge in [0.2, 0.25) is 0 Å². The first-order chi connectivity index (χ1) is 3.95. The summed E-state index contributed by atoms with van der Waals surface area (Å²) in [4.78, 5) is 0. The van der Waals surface area contributed by atoms with Crippen LogP contribution in [0.2, 0.25) is 0 Å². The minimum Gasteiger partial charge on any atom is -0.491 e. The van der Waals surface area contributed by atoms with Crippen LogP contribution in [-0.2, 0) is 4.74 Å². The normalized spacial score (nSPS) is 27.2. The molecule has 1 heteroatoms. The molecule has 1 nitrogen and oxygen atoms in total. The monoisotopic (exact) mass is 109 g/mol. The van der Waals surface area contributed by atoms with Crippen molar-refractivity contribution in [1.82, 2.24) is 0 Å². The van der Waals surface area contributed by atoms with E-state index in [2.05, 4.69) is 0 Å². The molecule has 0 aromatic carbocycles. The Balaban J connectivity index is 2.22. The summed E-state index contributed by atoms with van der Waals surface area (Å²) in [6, 6.07) is 0. The molecule has 0 saturated heterocycles. The van der Waals surface area contributed by atoms with Gasteiger partial charge in [-0.25, -0.2) is 0 Å². The van der Waals surface area contributed by atoms with Gasteiger partial charge in [0.1, 0.15) is 6.10 Å². The smallest absolute Gasteiger partial charge is 0.148 e. The van der Waals surface area contributed by atoms with Crippen molar-refractivity contribution in [3.63, 3.8) is 0 Å². The molecular formula is C7H9O. The molecule has 3 aliphatic rings. The zero-order valence-electron chi connectivity index (χ0n) is 4.81. The van der Waals surface area contributed by atoms with Crippen LogP contribution >= 0.6 is 0 Å². The summed E-state index contributed by atoms with van der Waals surface area (Å²) in [6.45, 7) is 0. The second-order valence-electron chi connectivity index (χ2n) is 2.43. The molecule has 1 saturated carbocycles. The van der Waals surface area contributed by atoms with Gasteiger partial charge in [-0.2, -0.15) is 0 Å². The molecule has 2 heterocycles. The molecule has 0 atom stereocenters. The Morgan fingerprint density at radius 2 is 1.88 bits per heavy atom. The van der Waals surface area contributed by atoms with Crippen LogP contribution in [0.5, 0.6) is 0 Å². The van der Waals surface area contributed by atoms with Crippen LogP contribution in [0.4, 0.5) is 0 Å². The van der Waals surface area contributed by atoms with Crippen molar-refractivity contribution < 1.29 is 4.74 Å². The largest absolute Gasteiger partial charge is 0.491 e. The molecule has 2 bridgehead atoms. The molecule has 0 amide bonds. The third kappa shape index (κ3) is 0.540. The summed E-state index contributed by atoms with van der Waals surface area (Å²) in [5.41, 5.74) is 1.50. The fourth-order valence-electron chi connectivity index (χ4n) is 1.25. The summed E-state index contributed by atoms with van der Waals surface area (Å²) >= 11 is 0. The number of rotatable bonds is 0. The third-order valence-corrected chi connectivity index (χ3v) is 1.84. The predicted octanol–water partition coefficient (Wildman–Crippen LogP) is 2.01. The first-order valence-corrected chi connectivity index (χ1v) is 3.14. The van der Waals surface area contributed by atoms with Gasteiger partial charge in [-0.15, -0.1) is 0 Å². The van der Waals surface area contributed by atoms with E-state index < -0.39 is 0 Å². The maximum absolute atomic E-state index is 5.23. The number of hydrogen-bond donors (Lipinski definition) is 0. The molecule has 2 aliphatic heterocycles. The van der Waals surface area contributed by atoms with Gasteiger partial charge >= 0.3 is 0 Å². The number of hydrogen-bond acceptors (Lipinski definition) is 1. The van der Waals surface area contributed by atoms with E-state index in [4.69, 9.17) is 4.74 Å². The minimum absolute atomic E-state index is 1.19. The van der Waals surface area contributed by atoms with Gasteiger partial charge in [0.15, 0.2) is 0 Å². The average Bonchev–Trinajstić information content (AvgIpc) is 1.92. The predicted molar refractivity (Wildman–Crippen MR) is 30.9 cm³/mol. The molecule has 0 spiro atoms. The number of allylic oxidation sites excluding steroid dienone is 1. The highest BCUT2D eigenvalue weighted by Gasteiger charge is 2.22. The fraction of sp³-hybridized carbons (Fsp3) is 0.571. The van der Waals surface area contributed by atoms with Crippen LogP contribution < -0.4 is 0 Å². The van der Waals surface area contributed by atoms with Gasteiger partial charge < -0.3 is 4.74 Å². The maximum Gasteiger partial charge on any atom is 0.148 e. The van der Waals surface area contributed by atoms with E-state index in [0.29, 0.717) is 0 Å². The summed E-state index contributed by atoms with van der Waals surface area (Å²) in [5, 5.41) is 0. The van der Waals surface area contributed by atoms with Crippen molar-refractivity contribution in [2.75, 3.05) is 0 Å². The van der Waals surface area contributed by atoms with Crippen molar-refractivity contribution in [1.29, 1.82) is 0 Å². The number of fused-ring (bicyclic) bond motifs is 3. The second kappa shape index (κ2) is 1.51. The summed E-state index contributed by atoms with van der Waals surface area (Å²) in [7, 11) is 0. The zero-order chi connectivity index (χ0) is 5.40. The standard InChI is InChI=1S/C7H9O/c1-3-7-4-2-6(1)5-8-7/h5H,1-4H2. The van der Waals surface area contributed by atoms with E-state index in [-0.39, 0.29) is 0 Å². The Hall–Kier alpha value is -0.460. The Morgan fingerprint density at radius 1 is 1.12 bits per heavy atom. The molecule has 1 fully saturated rings. The highest BCUT2D eigenvalue weighted by molar-refractivity contribution is 5.12. The van der Waals surface area contributed by atoms with Gasteiger partial charge in [-0.1, -0.05) is 0 Å². The van der Waals surface area contributed by atoms with Crippen molar-refractivity contribution in [2.24, 2.45) is 0 Å². The van der Waals surface area contributed by atoms with Gasteiger partial charge in [-0.05, 0) is 31.3 Å². The first-order valence-electron chi connectivity index (χ1n) is 3.14. The van der Waals surface area contributed by atoms with E-state index in [9.17, 15) is 0 Å². The third-order valence-electron chi connectivity index (χ3n) is 1.84. The van der Waals surface area contributed by atoms with Gasteiger partial charge in [-0.3, -0.25) is 0 Å². The summed E-state index contributed by atoms with van der Waals surface area (Å²) in [6.07, 6.45) is 8.10. The highest BCUT2D eigenvalue weighted by atomic mass is 16.5. The van der Waals surface area contributed by atoms with E-state index in [1.807, 2.05) is 6.26 Å². The van der Waals surface area contributed by atoms with Gasteiger partial charge in [0.05, 0.1) is 6.26 Å². The van der Waals surface area contributed by atoms with Crippen LogP contribution in [0.1, 0.15) is 25.7 Å². The molecule has 43 valence electrons. The van der Waals surface area contributed by atoms with Crippen LogP contribution in [0.15, 0.2) is 11.8 Å². The van der Waals surface area contributed by atoms with Crippen molar-refractivity contribution in [2.45, 2.75) is 25.7 Å². The average molecular weight is 109 g/mol. The minimum atomic E-state index is 1.19. The Morgan fingerprint density at radius 3 is 2.00 bits per heavy atom. The summed E-state index contributed by atoms with van der Waals surface area (Å²) < 4.78 is 5.23. The van der Waals surface area contributed by atoms with E-state index in [1.165, 1.54) is 37.4 Å². The van der Waals surface area contributed by atoms with Crippen molar-refractivity contribution in [3.05, 3.63) is 17.9 Å². The lowest BCUT2D eigenvalue weighted by Gasteiger charge is -2.27. The lowest BCUT2D eigenvalue weighted by atomic mass is 9.91. The second-order valence-corrected chi connectivity index (χ2v) is 2.43. The first kappa shape index (κ1) is 4.42. The van der Waals surface area contributed by atoms with E-state index in [0.717, 1.165) is 0 Å². The lowest BCUT2D eigenvalue weighted by Crippen LogP contribution is -2.13. The molecule has 1 aliphatic carbocycles.